The molecule has 1 amide bonds. The molecule has 0 aliphatic carbocycles. The summed E-state index contributed by atoms with van der Waals surface area (Å²) in [5.41, 5.74) is 5.17. The summed E-state index contributed by atoms with van der Waals surface area (Å²) >= 11 is 0. The molecule has 2 aromatic rings. The Bertz CT molecular complexity index is 716. The number of hydrogen-bond donors (Lipinski definition) is 0. The van der Waals surface area contributed by atoms with Gasteiger partial charge in [0.1, 0.15) is 6.61 Å². The smallest absolute Gasteiger partial charge is 0.410 e. The van der Waals surface area contributed by atoms with E-state index in [-0.39, 0.29) is 11.5 Å². The van der Waals surface area contributed by atoms with Crippen LogP contribution in [-0.4, -0.2) is 17.5 Å². The molecule has 3 rings (SSSR count). The summed E-state index contributed by atoms with van der Waals surface area (Å²) in [5, 5.41) is 0. The number of amides is 1. The zero-order chi connectivity index (χ0) is 17.2. The molecule has 126 valence electrons. The quantitative estimate of drug-likeness (QED) is 0.803. The van der Waals surface area contributed by atoms with E-state index >= 15 is 0 Å². The van der Waals surface area contributed by atoms with Crippen molar-refractivity contribution < 1.29 is 9.53 Å². The van der Waals surface area contributed by atoms with Gasteiger partial charge in [0.25, 0.3) is 0 Å². The second-order valence-corrected chi connectivity index (χ2v) is 7.40. The van der Waals surface area contributed by atoms with Crippen LogP contribution in [0.1, 0.15) is 43.0 Å². The van der Waals surface area contributed by atoms with Crippen molar-refractivity contribution in [3.8, 4) is 0 Å². The number of fused-ring (bicyclic) bond motifs is 1. The first-order chi connectivity index (χ1) is 11.4. The van der Waals surface area contributed by atoms with Crippen LogP contribution in [0.5, 0.6) is 0 Å². The maximum atomic E-state index is 12.4. The zero-order valence-corrected chi connectivity index (χ0v) is 14.7. The van der Waals surface area contributed by atoms with Crippen molar-refractivity contribution in [2.45, 2.75) is 45.8 Å². The molecule has 0 radical (unpaired) electrons. The Morgan fingerprint density at radius 3 is 2.54 bits per heavy atom. The molecule has 2 aromatic carbocycles. The van der Waals surface area contributed by atoms with Gasteiger partial charge in [-0.25, -0.2) is 4.79 Å². The summed E-state index contributed by atoms with van der Waals surface area (Å²) in [7, 11) is 0. The standard InChI is InChI=1S/C21H25NO2/c1-21(2,3)19-11-7-10-17-14-22(13-12-18(17)19)20(23)24-15-16-8-5-4-6-9-16/h4-11H,12-15H2,1-3H3. The van der Waals surface area contributed by atoms with Crippen LogP contribution in [-0.2, 0) is 29.7 Å². The summed E-state index contributed by atoms with van der Waals surface area (Å²) in [4.78, 5) is 14.2. The monoisotopic (exact) mass is 323 g/mol. The largest absolute Gasteiger partial charge is 0.445 e. The van der Waals surface area contributed by atoms with Gasteiger partial charge in [-0.2, -0.15) is 0 Å². The number of hydrogen-bond acceptors (Lipinski definition) is 2. The fourth-order valence-electron chi connectivity index (χ4n) is 3.28. The Kier molecular flexibility index (Phi) is 4.61. The van der Waals surface area contributed by atoms with E-state index < -0.39 is 0 Å². The van der Waals surface area contributed by atoms with E-state index in [4.69, 9.17) is 4.74 Å². The van der Waals surface area contributed by atoms with Gasteiger partial charge in [0.05, 0.1) is 0 Å². The highest BCUT2D eigenvalue weighted by atomic mass is 16.6. The van der Waals surface area contributed by atoms with E-state index in [1.165, 1.54) is 16.7 Å². The second-order valence-electron chi connectivity index (χ2n) is 7.40. The summed E-state index contributed by atoms with van der Waals surface area (Å²) < 4.78 is 5.47. The van der Waals surface area contributed by atoms with Gasteiger partial charge in [0.2, 0.25) is 0 Å². The van der Waals surface area contributed by atoms with Crippen molar-refractivity contribution in [1.29, 1.82) is 0 Å². The molecule has 0 unspecified atom stereocenters. The van der Waals surface area contributed by atoms with Crippen LogP contribution in [0, 0.1) is 0 Å². The minimum absolute atomic E-state index is 0.126. The first kappa shape index (κ1) is 16.6. The summed E-state index contributed by atoms with van der Waals surface area (Å²) in [6.07, 6.45) is 0.661. The highest BCUT2D eigenvalue weighted by molar-refractivity contribution is 5.68. The minimum Gasteiger partial charge on any atom is -0.445 e. The Morgan fingerprint density at radius 1 is 1.08 bits per heavy atom. The molecule has 0 N–H and O–H groups in total. The van der Waals surface area contributed by atoms with Gasteiger partial charge in [-0.05, 0) is 34.1 Å². The lowest BCUT2D eigenvalue weighted by Crippen LogP contribution is -2.37. The average Bonchev–Trinajstić information content (AvgIpc) is 2.58. The Morgan fingerprint density at radius 2 is 1.83 bits per heavy atom. The van der Waals surface area contributed by atoms with Gasteiger partial charge in [0, 0.05) is 13.1 Å². The number of nitrogens with zero attached hydrogens (tertiary/aromatic N) is 1. The van der Waals surface area contributed by atoms with Crippen LogP contribution in [0.25, 0.3) is 0 Å². The third-order valence-corrected chi connectivity index (χ3v) is 4.54. The third kappa shape index (κ3) is 3.61. The Hall–Kier alpha value is -2.29. The predicted octanol–water partition coefficient (Wildman–Crippen LogP) is 4.68. The molecule has 0 saturated heterocycles. The summed E-state index contributed by atoms with van der Waals surface area (Å²) in [6.45, 7) is 8.39. The molecule has 0 fully saturated rings. The molecule has 0 bridgehead atoms. The lowest BCUT2D eigenvalue weighted by atomic mass is 9.80. The third-order valence-electron chi connectivity index (χ3n) is 4.54. The fraction of sp³-hybridized carbons (Fsp3) is 0.381. The lowest BCUT2D eigenvalue weighted by molar-refractivity contribution is 0.0917. The van der Waals surface area contributed by atoms with Crippen molar-refractivity contribution in [2.24, 2.45) is 0 Å². The lowest BCUT2D eigenvalue weighted by Gasteiger charge is -2.32. The van der Waals surface area contributed by atoms with E-state index in [0.717, 1.165) is 12.0 Å². The Balaban J connectivity index is 1.68. The van der Waals surface area contributed by atoms with Gasteiger partial charge in [-0.15, -0.1) is 0 Å². The topological polar surface area (TPSA) is 29.5 Å². The molecule has 0 atom stereocenters. The zero-order valence-electron chi connectivity index (χ0n) is 14.7. The molecule has 0 saturated carbocycles. The van der Waals surface area contributed by atoms with Crippen LogP contribution in [0.4, 0.5) is 4.79 Å². The van der Waals surface area contributed by atoms with Crippen LogP contribution in [0.3, 0.4) is 0 Å². The fourth-order valence-corrected chi connectivity index (χ4v) is 3.28. The van der Waals surface area contributed by atoms with Crippen LogP contribution >= 0.6 is 0 Å². The molecular weight excluding hydrogens is 298 g/mol. The van der Waals surface area contributed by atoms with Gasteiger partial charge in [0.15, 0.2) is 0 Å². The molecule has 3 heteroatoms. The normalized spacial score (nSPS) is 14.2. The molecule has 0 spiro atoms. The number of carbonyl (C=O) groups is 1. The van der Waals surface area contributed by atoms with Crippen molar-refractivity contribution in [3.63, 3.8) is 0 Å². The molecular formula is C21H25NO2. The van der Waals surface area contributed by atoms with Gasteiger partial charge >= 0.3 is 6.09 Å². The minimum atomic E-state index is -0.231. The van der Waals surface area contributed by atoms with Crippen LogP contribution < -0.4 is 0 Å². The highest BCUT2D eigenvalue weighted by Gasteiger charge is 2.26. The van der Waals surface area contributed by atoms with Gasteiger partial charge in [-0.3, -0.25) is 0 Å². The maximum absolute atomic E-state index is 12.4. The van der Waals surface area contributed by atoms with E-state index in [2.05, 4.69) is 39.0 Å². The highest BCUT2D eigenvalue weighted by Crippen LogP contribution is 2.31. The van der Waals surface area contributed by atoms with Gasteiger partial charge < -0.3 is 9.64 Å². The van der Waals surface area contributed by atoms with E-state index in [1.807, 2.05) is 30.3 Å². The van der Waals surface area contributed by atoms with Crippen molar-refractivity contribution >= 4 is 6.09 Å². The van der Waals surface area contributed by atoms with Crippen molar-refractivity contribution in [2.75, 3.05) is 6.54 Å². The average molecular weight is 323 g/mol. The maximum Gasteiger partial charge on any atom is 0.410 e. The Labute approximate surface area is 144 Å². The van der Waals surface area contributed by atoms with Crippen LogP contribution in [0.2, 0.25) is 0 Å². The number of benzene rings is 2. The summed E-state index contributed by atoms with van der Waals surface area (Å²) in [5.74, 6) is 0. The SMILES string of the molecule is CC(C)(C)c1cccc2c1CCN(C(=O)OCc1ccccc1)C2. The molecule has 1 aliphatic heterocycles. The predicted molar refractivity (Wildman–Crippen MR) is 95.9 cm³/mol. The molecule has 0 aromatic heterocycles. The molecule has 3 nitrogen and oxygen atoms in total. The number of carbonyl (C=O) groups excluding carboxylic acids is 1. The number of ether oxygens (including phenoxy) is 1. The molecule has 24 heavy (non-hydrogen) atoms. The first-order valence-electron chi connectivity index (χ1n) is 8.52. The van der Waals surface area contributed by atoms with Crippen LogP contribution in [0.15, 0.2) is 48.5 Å². The van der Waals surface area contributed by atoms with Gasteiger partial charge in [-0.1, -0.05) is 69.3 Å². The molecule has 1 heterocycles. The molecule has 1 aliphatic rings. The second kappa shape index (κ2) is 6.68. The van der Waals surface area contributed by atoms with Crippen molar-refractivity contribution in [1.82, 2.24) is 4.90 Å². The number of rotatable bonds is 2. The first-order valence-corrected chi connectivity index (χ1v) is 8.52. The van der Waals surface area contributed by atoms with Crippen molar-refractivity contribution in [3.05, 3.63) is 70.8 Å². The van der Waals surface area contributed by atoms with E-state index in [1.54, 1.807) is 4.90 Å². The summed E-state index contributed by atoms with van der Waals surface area (Å²) in [6, 6.07) is 16.2. The van der Waals surface area contributed by atoms with E-state index in [0.29, 0.717) is 19.7 Å². The van der Waals surface area contributed by atoms with E-state index in [9.17, 15) is 4.79 Å².